The van der Waals surface area contributed by atoms with Crippen molar-refractivity contribution in [1.82, 2.24) is 0 Å². The van der Waals surface area contributed by atoms with E-state index in [-0.39, 0.29) is 11.9 Å². The molecule has 0 radical (unpaired) electrons. The number of carbonyl (C=O) groups excluding carboxylic acids is 1. The molecule has 0 aliphatic heterocycles. The maximum absolute atomic E-state index is 12.5. The van der Waals surface area contributed by atoms with Crippen LogP contribution in [0.5, 0.6) is 11.5 Å². The summed E-state index contributed by atoms with van der Waals surface area (Å²) in [5.41, 5.74) is 2.86. The van der Waals surface area contributed by atoms with E-state index < -0.39 is 0 Å². The fraction of sp³-hybridized carbons (Fsp3) is 0.400. The number of ether oxygens (including phenoxy) is 2. The molecule has 3 nitrogen and oxygen atoms in total. The van der Waals surface area contributed by atoms with Gasteiger partial charge in [-0.15, -0.1) is 0 Å². The number of hydrogen-bond acceptors (Lipinski definition) is 3. The van der Waals surface area contributed by atoms with Gasteiger partial charge in [0.1, 0.15) is 0 Å². The highest BCUT2D eigenvalue weighted by molar-refractivity contribution is 6.06. The van der Waals surface area contributed by atoms with E-state index in [9.17, 15) is 4.79 Å². The second-order valence-corrected chi connectivity index (χ2v) is 7.64. The van der Waals surface area contributed by atoms with Gasteiger partial charge in [-0.25, -0.2) is 0 Å². The van der Waals surface area contributed by atoms with E-state index in [4.69, 9.17) is 9.47 Å². The van der Waals surface area contributed by atoms with Crippen LogP contribution in [0.25, 0.3) is 6.08 Å². The molecule has 0 atom stereocenters. The van der Waals surface area contributed by atoms with Gasteiger partial charge in [0.05, 0.1) is 12.7 Å². The summed E-state index contributed by atoms with van der Waals surface area (Å²) in [6, 6.07) is 13.7. The summed E-state index contributed by atoms with van der Waals surface area (Å²) in [4.78, 5) is 12.5. The molecule has 0 amide bonds. The molecule has 0 unspecified atom stereocenters. The number of allylic oxidation sites excluding steroid dienone is 1. The van der Waals surface area contributed by atoms with Crippen LogP contribution < -0.4 is 9.47 Å². The van der Waals surface area contributed by atoms with Crippen LogP contribution in [-0.4, -0.2) is 18.5 Å². The lowest BCUT2D eigenvalue weighted by molar-refractivity contribution is 0.104. The first kappa shape index (κ1) is 20.2. The lowest BCUT2D eigenvalue weighted by Crippen LogP contribution is -2.11. The summed E-state index contributed by atoms with van der Waals surface area (Å²) in [6.45, 7) is 6.83. The van der Waals surface area contributed by atoms with Crippen LogP contribution in [0, 0.1) is 0 Å². The SMILES string of the molecule is CCOc1cc(/C=C/C(=O)c2ccc(C(C)C)cc2)ccc1OC1CCCC1. The van der Waals surface area contributed by atoms with Gasteiger partial charge in [0.15, 0.2) is 17.3 Å². The summed E-state index contributed by atoms with van der Waals surface area (Å²) in [5, 5.41) is 0. The van der Waals surface area contributed by atoms with E-state index in [1.54, 1.807) is 6.08 Å². The van der Waals surface area contributed by atoms with E-state index in [0.29, 0.717) is 18.1 Å². The summed E-state index contributed by atoms with van der Waals surface area (Å²) in [5.74, 6) is 1.99. The first-order chi connectivity index (χ1) is 13.6. The third kappa shape index (κ3) is 5.25. The molecule has 0 heterocycles. The predicted molar refractivity (Wildman–Crippen MR) is 114 cm³/mol. The molecule has 2 aromatic rings. The molecule has 2 aromatic carbocycles. The Morgan fingerprint density at radius 1 is 1.07 bits per heavy atom. The highest BCUT2D eigenvalue weighted by Crippen LogP contribution is 2.33. The van der Waals surface area contributed by atoms with Crippen LogP contribution in [0.1, 0.15) is 73.9 Å². The van der Waals surface area contributed by atoms with Crippen LogP contribution in [0.4, 0.5) is 0 Å². The minimum atomic E-state index is -0.000418. The Kier molecular flexibility index (Phi) is 6.91. The van der Waals surface area contributed by atoms with Gasteiger partial charge in [0.25, 0.3) is 0 Å². The van der Waals surface area contributed by atoms with Gasteiger partial charge in [-0.05, 0) is 67.9 Å². The maximum atomic E-state index is 12.5. The molecule has 0 spiro atoms. The highest BCUT2D eigenvalue weighted by Gasteiger charge is 2.18. The van der Waals surface area contributed by atoms with Crippen molar-refractivity contribution in [2.75, 3.05) is 6.61 Å². The lowest BCUT2D eigenvalue weighted by atomic mass is 10.0. The lowest BCUT2D eigenvalue weighted by Gasteiger charge is -2.17. The minimum Gasteiger partial charge on any atom is -0.490 e. The molecular weight excluding hydrogens is 348 g/mol. The smallest absolute Gasteiger partial charge is 0.185 e. The van der Waals surface area contributed by atoms with Gasteiger partial charge in [0.2, 0.25) is 0 Å². The van der Waals surface area contributed by atoms with Gasteiger partial charge >= 0.3 is 0 Å². The summed E-state index contributed by atoms with van der Waals surface area (Å²) >= 11 is 0. The molecule has 1 aliphatic carbocycles. The fourth-order valence-corrected chi connectivity index (χ4v) is 3.48. The van der Waals surface area contributed by atoms with E-state index >= 15 is 0 Å². The normalized spacial score (nSPS) is 14.7. The van der Waals surface area contributed by atoms with Crippen LogP contribution in [0.3, 0.4) is 0 Å². The van der Waals surface area contributed by atoms with Crippen LogP contribution in [0.2, 0.25) is 0 Å². The molecule has 148 valence electrons. The Morgan fingerprint density at radius 3 is 2.43 bits per heavy atom. The topological polar surface area (TPSA) is 35.5 Å². The minimum absolute atomic E-state index is 0.000418. The first-order valence-electron chi connectivity index (χ1n) is 10.3. The summed E-state index contributed by atoms with van der Waals surface area (Å²) in [7, 11) is 0. The standard InChI is InChI=1S/C25H30O3/c1-4-27-25-17-19(10-16-24(25)28-22-7-5-6-8-22)9-15-23(26)21-13-11-20(12-14-21)18(2)3/h9-18,22H,4-8H2,1-3H3/b15-9+. The molecule has 1 fully saturated rings. The number of rotatable bonds is 8. The zero-order valence-corrected chi connectivity index (χ0v) is 17.1. The molecule has 0 bridgehead atoms. The zero-order chi connectivity index (χ0) is 19.9. The van der Waals surface area contributed by atoms with E-state index in [0.717, 1.165) is 29.9 Å². The Morgan fingerprint density at radius 2 is 1.79 bits per heavy atom. The largest absolute Gasteiger partial charge is 0.490 e. The second-order valence-electron chi connectivity index (χ2n) is 7.64. The molecule has 3 heteroatoms. The highest BCUT2D eigenvalue weighted by atomic mass is 16.5. The van der Waals surface area contributed by atoms with Crippen molar-refractivity contribution in [3.05, 3.63) is 65.2 Å². The van der Waals surface area contributed by atoms with Crippen LogP contribution in [0.15, 0.2) is 48.5 Å². The fourth-order valence-electron chi connectivity index (χ4n) is 3.48. The van der Waals surface area contributed by atoms with Crippen LogP contribution in [-0.2, 0) is 0 Å². The van der Waals surface area contributed by atoms with Crippen LogP contribution >= 0.6 is 0 Å². The quantitative estimate of drug-likeness (QED) is 0.392. The monoisotopic (exact) mass is 378 g/mol. The number of benzene rings is 2. The first-order valence-corrected chi connectivity index (χ1v) is 10.3. The van der Waals surface area contributed by atoms with Crippen molar-refractivity contribution in [3.63, 3.8) is 0 Å². The second kappa shape index (κ2) is 9.59. The maximum Gasteiger partial charge on any atom is 0.185 e. The van der Waals surface area contributed by atoms with Crippen molar-refractivity contribution in [2.24, 2.45) is 0 Å². The van der Waals surface area contributed by atoms with Gasteiger partial charge < -0.3 is 9.47 Å². The Balaban J connectivity index is 1.71. The molecule has 28 heavy (non-hydrogen) atoms. The molecule has 1 saturated carbocycles. The average molecular weight is 379 g/mol. The van der Waals surface area contributed by atoms with Crippen molar-refractivity contribution in [3.8, 4) is 11.5 Å². The Hall–Kier alpha value is -2.55. The molecule has 0 N–H and O–H groups in total. The predicted octanol–water partition coefficient (Wildman–Crippen LogP) is 6.43. The van der Waals surface area contributed by atoms with Gasteiger partial charge in [0, 0.05) is 5.56 Å². The molecule has 3 rings (SSSR count). The van der Waals surface area contributed by atoms with Gasteiger partial charge in [-0.2, -0.15) is 0 Å². The van der Waals surface area contributed by atoms with Gasteiger partial charge in [-0.3, -0.25) is 4.79 Å². The third-order valence-electron chi connectivity index (χ3n) is 5.15. The van der Waals surface area contributed by atoms with E-state index in [1.165, 1.54) is 18.4 Å². The van der Waals surface area contributed by atoms with Crippen molar-refractivity contribution < 1.29 is 14.3 Å². The Labute approximate surface area is 168 Å². The zero-order valence-electron chi connectivity index (χ0n) is 17.1. The summed E-state index contributed by atoms with van der Waals surface area (Å²) in [6.07, 6.45) is 8.42. The van der Waals surface area contributed by atoms with Crippen molar-refractivity contribution in [1.29, 1.82) is 0 Å². The third-order valence-corrected chi connectivity index (χ3v) is 5.15. The van der Waals surface area contributed by atoms with E-state index in [1.807, 2.05) is 55.5 Å². The summed E-state index contributed by atoms with van der Waals surface area (Å²) < 4.78 is 11.9. The number of ketones is 1. The Bertz CT molecular complexity index is 812. The molecule has 0 aromatic heterocycles. The molecule has 0 saturated heterocycles. The van der Waals surface area contributed by atoms with Crippen molar-refractivity contribution in [2.45, 2.75) is 58.5 Å². The number of hydrogen-bond donors (Lipinski definition) is 0. The average Bonchev–Trinajstić information content (AvgIpc) is 3.21. The molecular formula is C25H30O3. The van der Waals surface area contributed by atoms with Crippen molar-refractivity contribution >= 4 is 11.9 Å². The molecule has 1 aliphatic rings. The number of carbonyl (C=O) groups is 1. The van der Waals surface area contributed by atoms with Gasteiger partial charge in [-0.1, -0.05) is 50.3 Å². The van der Waals surface area contributed by atoms with E-state index in [2.05, 4.69) is 13.8 Å².